The lowest BCUT2D eigenvalue weighted by molar-refractivity contribution is 0.541. The molecule has 0 fully saturated rings. The summed E-state index contributed by atoms with van der Waals surface area (Å²) < 4.78 is 42.3. The maximum Gasteiger partial charge on any atom is 0.297 e. The van der Waals surface area contributed by atoms with E-state index >= 15 is 0 Å². The van der Waals surface area contributed by atoms with Crippen molar-refractivity contribution in [2.75, 3.05) is 4.72 Å². The summed E-state index contributed by atoms with van der Waals surface area (Å²) in [6.07, 6.45) is 1.55. The number of anilines is 1. The number of sulfonamides is 1. The van der Waals surface area contributed by atoms with Gasteiger partial charge in [0.15, 0.2) is 5.82 Å². The Labute approximate surface area is 148 Å². The van der Waals surface area contributed by atoms with Crippen LogP contribution in [0, 0.1) is 19.7 Å². The molecule has 26 heavy (non-hydrogen) atoms. The summed E-state index contributed by atoms with van der Waals surface area (Å²) in [5, 5.41) is 3.11. The summed E-state index contributed by atoms with van der Waals surface area (Å²) in [5.74, 6) is -0.661. The second-order valence-corrected chi connectivity index (χ2v) is 6.92. The van der Waals surface area contributed by atoms with Crippen LogP contribution in [0.4, 0.5) is 10.1 Å². The minimum atomic E-state index is -4.27. The van der Waals surface area contributed by atoms with Crippen LogP contribution < -0.4 is 4.72 Å². The topological polar surface area (TPSA) is 120 Å². The molecule has 0 aliphatic rings. The molecule has 0 unspecified atom stereocenters. The van der Waals surface area contributed by atoms with E-state index < -0.39 is 21.0 Å². The van der Waals surface area contributed by atoms with Gasteiger partial charge >= 0.3 is 0 Å². The molecule has 0 radical (unpaired) electrons. The quantitative estimate of drug-likeness (QED) is 0.527. The van der Waals surface area contributed by atoms with Gasteiger partial charge in [0, 0.05) is 5.69 Å². The lowest BCUT2D eigenvalue weighted by Gasteiger charge is -2.11. The molecule has 3 rings (SSSR count). The van der Waals surface area contributed by atoms with Crippen LogP contribution in [0.5, 0.6) is 0 Å². The second-order valence-electron chi connectivity index (χ2n) is 5.35. The highest BCUT2D eigenvalue weighted by Crippen LogP contribution is 2.23. The standard InChI is InChI=1S/C15H13FN6O3S/c1-9-4-3-5-11(16)13(9)21-26(24,25)15-19-10(2)6-12(20-15)14-17-7-18-22(14)8-23/h3-8,21H,1-2H3. The highest BCUT2D eigenvalue weighted by molar-refractivity contribution is 7.92. The van der Waals surface area contributed by atoms with Crippen molar-refractivity contribution in [3.63, 3.8) is 0 Å². The molecular formula is C15H13FN6O3S. The average molecular weight is 376 g/mol. The Bertz CT molecular complexity index is 1080. The van der Waals surface area contributed by atoms with E-state index in [4.69, 9.17) is 0 Å². The molecule has 0 bridgehead atoms. The number of rotatable bonds is 5. The Morgan fingerprint density at radius 2 is 2.00 bits per heavy atom. The summed E-state index contributed by atoms with van der Waals surface area (Å²) in [5.41, 5.74) is 0.631. The van der Waals surface area contributed by atoms with Crippen molar-refractivity contribution >= 4 is 22.1 Å². The number of nitrogens with zero attached hydrogens (tertiary/aromatic N) is 5. The molecule has 3 aromatic rings. The molecule has 0 atom stereocenters. The van der Waals surface area contributed by atoms with Crippen LogP contribution in [0.25, 0.3) is 11.5 Å². The molecule has 0 saturated heterocycles. The van der Waals surface area contributed by atoms with E-state index in [2.05, 4.69) is 24.8 Å². The molecule has 1 N–H and O–H groups in total. The van der Waals surface area contributed by atoms with E-state index in [9.17, 15) is 17.6 Å². The SMILES string of the molecule is Cc1cc(-c2ncnn2C=O)nc(S(=O)(=O)Nc2c(C)cccc2F)n1. The number of nitrogens with one attached hydrogen (secondary N) is 1. The Kier molecular flexibility index (Phi) is 4.47. The molecule has 9 nitrogen and oxygen atoms in total. The summed E-state index contributed by atoms with van der Waals surface area (Å²) >= 11 is 0. The number of carbonyl (C=O) groups is 1. The van der Waals surface area contributed by atoms with Gasteiger partial charge in [0.1, 0.15) is 17.8 Å². The highest BCUT2D eigenvalue weighted by atomic mass is 32.2. The number of halogens is 1. The van der Waals surface area contributed by atoms with Crippen LogP contribution in [0.3, 0.4) is 0 Å². The van der Waals surface area contributed by atoms with E-state index in [1.54, 1.807) is 19.9 Å². The van der Waals surface area contributed by atoms with Crippen molar-refractivity contribution in [2.45, 2.75) is 19.0 Å². The Hall–Kier alpha value is -3.21. The maximum atomic E-state index is 13.9. The van der Waals surface area contributed by atoms with E-state index in [0.717, 1.165) is 17.1 Å². The number of aromatic nitrogens is 5. The van der Waals surface area contributed by atoms with Crippen LogP contribution in [-0.4, -0.2) is 39.6 Å². The van der Waals surface area contributed by atoms with Crippen LogP contribution in [0.15, 0.2) is 35.7 Å². The first-order chi connectivity index (χ1) is 12.3. The number of carbonyl (C=O) groups excluding carboxylic acids is 1. The maximum absolute atomic E-state index is 13.9. The summed E-state index contributed by atoms with van der Waals surface area (Å²) in [6.45, 7) is 3.12. The van der Waals surface area contributed by atoms with E-state index in [1.165, 1.54) is 12.1 Å². The predicted octanol–water partition coefficient (Wildman–Crippen LogP) is 1.33. The van der Waals surface area contributed by atoms with Crippen LogP contribution >= 0.6 is 0 Å². The predicted molar refractivity (Wildman–Crippen MR) is 89.9 cm³/mol. The van der Waals surface area contributed by atoms with E-state index in [0.29, 0.717) is 17.7 Å². The Morgan fingerprint density at radius 3 is 2.69 bits per heavy atom. The van der Waals surface area contributed by atoms with Gasteiger partial charge in [-0.3, -0.25) is 9.52 Å². The first-order valence-electron chi connectivity index (χ1n) is 7.30. The van der Waals surface area contributed by atoms with Crippen LogP contribution in [0.1, 0.15) is 11.3 Å². The summed E-state index contributed by atoms with van der Waals surface area (Å²) in [4.78, 5) is 22.7. The van der Waals surface area contributed by atoms with Crippen molar-refractivity contribution in [3.05, 3.63) is 47.7 Å². The van der Waals surface area contributed by atoms with Crippen LogP contribution in [-0.2, 0) is 14.8 Å². The zero-order chi connectivity index (χ0) is 18.9. The Morgan fingerprint density at radius 1 is 1.23 bits per heavy atom. The fourth-order valence-corrected chi connectivity index (χ4v) is 3.33. The fraction of sp³-hybridized carbons (Fsp3) is 0.133. The lowest BCUT2D eigenvalue weighted by Crippen LogP contribution is -2.19. The molecule has 2 aromatic heterocycles. The zero-order valence-electron chi connectivity index (χ0n) is 13.7. The molecular weight excluding hydrogens is 363 g/mol. The molecule has 0 saturated carbocycles. The molecule has 1 aromatic carbocycles. The van der Waals surface area contributed by atoms with Gasteiger partial charge in [-0.1, -0.05) is 12.1 Å². The van der Waals surface area contributed by atoms with E-state index in [1.807, 2.05) is 0 Å². The molecule has 0 spiro atoms. The van der Waals surface area contributed by atoms with Gasteiger partial charge in [0.2, 0.25) is 6.41 Å². The molecule has 2 heterocycles. The molecule has 134 valence electrons. The highest BCUT2D eigenvalue weighted by Gasteiger charge is 2.23. The van der Waals surface area contributed by atoms with E-state index in [-0.39, 0.29) is 17.2 Å². The fourth-order valence-electron chi connectivity index (χ4n) is 2.23. The monoisotopic (exact) mass is 376 g/mol. The van der Waals surface area contributed by atoms with Gasteiger partial charge in [-0.25, -0.2) is 19.3 Å². The molecule has 0 aliphatic heterocycles. The third kappa shape index (κ3) is 3.28. The van der Waals surface area contributed by atoms with Gasteiger partial charge in [0.05, 0.1) is 5.69 Å². The average Bonchev–Trinajstić information content (AvgIpc) is 3.06. The second kappa shape index (κ2) is 6.59. The Balaban J connectivity index is 2.07. The minimum Gasteiger partial charge on any atom is -0.276 e. The largest absolute Gasteiger partial charge is 0.297 e. The third-order valence-corrected chi connectivity index (χ3v) is 4.57. The van der Waals surface area contributed by atoms with Gasteiger partial charge in [0.25, 0.3) is 15.2 Å². The summed E-state index contributed by atoms with van der Waals surface area (Å²) in [6, 6.07) is 5.63. The van der Waals surface area contributed by atoms with Gasteiger partial charge in [-0.15, -0.1) is 0 Å². The number of hydrogen-bond donors (Lipinski definition) is 1. The van der Waals surface area contributed by atoms with Crippen molar-refractivity contribution < 1.29 is 17.6 Å². The first kappa shape index (κ1) is 17.6. The van der Waals surface area contributed by atoms with Gasteiger partial charge in [-0.2, -0.15) is 18.2 Å². The molecule has 0 amide bonds. The normalized spacial score (nSPS) is 11.3. The zero-order valence-corrected chi connectivity index (χ0v) is 14.5. The van der Waals surface area contributed by atoms with Crippen LogP contribution in [0.2, 0.25) is 0 Å². The van der Waals surface area contributed by atoms with Crippen molar-refractivity contribution in [2.24, 2.45) is 0 Å². The van der Waals surface area contributed by atoms with Gasteiger partial charge in [-0.05, 0) is 31.5 Å². The van der Waals surface area contributed by atoms with Crippen molar-refractivity contribution in [1.82, 2.24) is 24.7 Å². The number of aryl methyl sites for hydroxylation is 2. The molecule has 11 heteroatoms. The minimum absolute atomic E-state index is 0.0593. The molecule has 0 aliphatic carbocycles. The number of hydrogen-bond acceptors (Lipinski definition) is 7. The first-order valence-corrected chi connectivity index (χ1v) is 8.79. The number of para-hydroxylation sites is 1. The third-order valence-electron chi connectivity index (χ3n) is 3.43. The number of benzene rings is 1. The van der Waals surface area contributed by atoms with Gasteiger partial charge < -0.3 is 0 Å². The lowest BCUT2D eigenvalue weighted by atomic mass is 10.2. The summed E-state index contributed by atoms with van der Waals surface area (Å²) in [7, 11) is -4.27. The van der Waals surface area contributed by atoms with Crippen molar-refractivity contribution in [1.29, 1.82) is 0 Å². The van der Waals surface area contributed by atoms with Crippen molar-refractivity contribution in [3.8, 4) is 11.5 Å². The smallest absolute Gasteiger partial charge is 0.276 e.